The van der Waals surface area contributed by atoms with E-state index in [4.69, 9.17) is 5.73 Å². The molecule has 0 fully saturated rings. The molecular weight excluding hydrogens is 328 g/mol. The molecule has 2 aromatic rings. The zero-order valence-corrected chi connectivity index (χ0v) is 14.3. The first kappa shape index (κ1) is 16.5. The molecule has 2 N–H and O–H groups in total. The summed E-state index contributed by atoms with van der Waals surface area (Å²) in [6.07, 6.45) is 2.04. The number of carbonyl (C=O) groups excluding carboxylic acids is 1. The van der Waals surface area contributed by atoms with Crippen LogP contribution in [0.15, 0.2) is 29.3 Å². The molecule has 24 heavy (non-hydrogen) atoms. The highest BCUT2D eigenvalue weighted by molar-refractivity contribution is 7.89. The van der Waals surface area contributed by atoms with Gasteiger partial charge in [-0.1, -0.05) is 6.07 Å². The van der Waals surface area contributed by atoms with Crippen molar-refractivity contribution in [2.45, 2.75) is 31.7 Å². The molecule has 2 heterocycles. The fraction of sp³-hybridized carbons (Fsp3) is 0.312. The van der Waals surface area contributed by atoms with Crippen molar-refractivity contribution in [3.8, 4) is 0 Å². The van der Waals surface area contributed by atoms with Gasteiger partial charge in [-0.2, -0.15) is 4.31 Å². The summed E-state index contributed by atoms with van der Waals surface area (Å²) in [6, 6.07) is 5.25. The first-order valence-corrected chi connectivity index (χ1v) is 8.94. The zero-order valence-electron chi connectivity index (χ0n) is 13.5. The predicted octanol–water partition coefficient (Wildman–Crippen LogP) is 0.939. The molecule has 1 aliphatic heterocycles. The maximum atomic E-state index is 12.9. The van der Waals surface area contributed by atoms with E-state index in [-0.39, 0.29) is 17.3 Å². The Morgan fingerprint density at radius 3 is 2.50 bits per heavy atom. The van der Waals surface area contributed by atoms with Crippen LogP contribution in [0.2, 0.25) is 0 Å². The number of aromatic nitrogens is 2. The molecule has 1 aliphatic rings. The van der Waals surface area contributed by atoms with Gasteiger partial charge in [-0.3, -0.25) is 4.79 Å². The molecule has 0 aliphatic carbocycles. The Labute approximate surface area is 140 Å². The molecule has 0 atom stereocenters. The number of rotatable bonds is 3. The number of carbonyl (C=O) groups is 1. The van der Waals surface area contributed by atoms with Gasteiger partial charge < -0.3 is 5.73 Å². The number of primary amides is 1. The van der Waals surface area contributed by atoms with E-state index in [1.54, 1.807) is 18.3 Å². The minimum atomic E-state index is -3.63. The Bertz CT molecular complexity index is 905. The second-order valence-corrected chi connectivity index (χ2v) is 7.88. The predicted molar refractivity (Wildman–Crippen MR) is 87.8 cm³/mol. The Balaban J connectivity index is 1.96. The van der Waals surface area contributed by atoms with Gasteiger partial charge in [-0.05, 0) is 49.1 Å². The van der Waals surface area contributed by atoms with Gasteiger partial charge in [0.2, 0.25) is 15.8 Å². The molecule has 0 bridgehead atoms. The van der Waals surface area contributed by atoms with Gasteiger partial charge in [0.1, 0.15) is 0 Å². The third-order valence-electron chi connectivity index (χ3n) is 3.96. The molecule has 0 saturated heterocycles. The third kappa shape index (κ3) is 3.02. The van der Waals surface area contributed by atoms with Crippen molar-refractivity contribution in [3.63, 3.8) is 0 Å². The van der Waals surface area contributed by atoms with Crippen LogP contribution in [-0.4, -0.2) is 35.1 Å². The van der Waals surface area contributed by atoms with Crippen LogP contribution in [0.25, 0.3) is 0 Å². The van der Waals surface area contributed by atoms with Crippen molar-refractivity contribution in [1.82, 2.24) is 14.3 Å². The molecule has 0 radical (unpaired) electrons. The summed E-state index contributed by atoms with van der Waals surface area (Å²) < 4.78 is 27.2. The molecule has 126 valence electrons. The SMILES string of the molecule is Cc1cc(C)cc(S(=O)(=O)N2CCc3cnc(C(N)=O)nc3C2)c1. The summed E-state index contributed by atoms with van der Waals surface area (Å²) in [5.41, 5.74) is 8.35. The lowest BCUT2D eigenvalue weighted by Crippen LogP contribution is -2.37. The summed E-state index contributed by atoms with van der Waals surface area (Å²) >= 11 is 0. The third-order valence-corrected chi connectivity index (χ3v) is 5.79. The molecule has 0 unspecified atom stereocenters. The van der Waals surface area contributed by atoms with E-state index in [1.165, 1.54) is 4.31 Å². The minimum Gasteiger partial charge on any atom is -0.363 e. The van der Waals surface area contributed by atoms with Crippen molar-refractivity contribution >= 4 is 15.9 Å². The van der Waals surface area contributed by atoms with E-state index in [0.29, 0.717) is 18.7 Å². The number of nitrogens with zero attached hydrogens (tertiary/aromatic N) is 3. The number of amides is 1. The number of benzene rings is 1. The fourth-order valence-corrected chi connectivity index (χ4v) is 4.43. The van der Waals surface area contributed by atoms with Crippen LogP contribution in [0.4, 0.5) is 0 Å². The maximum absolute atomic E-state index is 12.9. The van der Waals surface area contributed by atoms with Crippen molar-refractivity contribution in [2.24, 2.45) is 5.73 Å². The molecule has 0 spiro atoms. The molecule has 1 amide bonds. The van der Waals surface area contributed by atoms with Crippen LogP contribution >= 0.6 is 0 Å². The summed E-state index contributed by atoms with van der Waals surface area (Å²) in [7, 11) is -3.63. The Morgan fingerprint density at radius 2 is 1.88 bits per heavy atom. The molecule has 1 aromatic carbocycles. The first-order chi connectivity index (χ1) is 11.3. The van der Waals surface area contributed by atoms with Crippen LogP contribution in [0.3, 0.4) is 0 Å². The van der Waals surface area contributed by atoms with Crippen LogP contribution in [-0.2, 0) is 23.0 Å². The highest BCUT2D eigenvalue weighted by Gasteiger charge is 2.30. The van der Waals surface area contributed by atoms with Gasteiger partial charge in [0.15, 0.2) is 0 Å². The highest BCUT2D eigenvalue weighted by Crippen LogP contribution is 2.25. The molecule has 1 aromatic heterocycles. The number of nitrogens with two attached hydrogens (primary N) is 1. The number of hydrogen-bond acceptors (Lipinski definition) is 5. The van der Waals surface area contributed by atoms with Crippen molar-refractivity contribution in [3.05, 3.63) is 52.6 Å². The van der Waals surface area contributed by atoms with Crippen LogP contribution < -0.4 is 5.73 Å². The second-order valence-electron chi connectivity index (χ2n) is 5.94. The Kier molecular flexibility index (Phi) is 4.10. The first-order valence-electron chi connectivity index (χ1n) is 7.50. The summed E-state index contributed by atoms with van der Waals surface area (Å²) in [6.45, 7) is 4.18. The number of fused-ring (bicyclic) bond motifs is 1. The van der Waals surface area contributed by atoms with Crippen molar-refractivity contribution in [1.29, 1.82) is 0 Å². The summed E-state index contributed by atoms with van der Waals surface area (Å²) in [5.74, 6) is -0.827. The van der Waals surface area contributed by atoms with E-state index in [2.05, 4.69) is 9.97 Å². The largest absolute Gasteiger partial charge is 0.363 e. The molecule has 8 heteroatoms. The fourth-order valence-electron chi connectivity index (χ4n) is 2.83. The van der Waals surface area contributed by atoms with Gasteiger partial charge in [0.25, 0.3) is 5.91 Å². The molecular formula is C16H18N4O3S. The second kappa shape index (κ2) is 5.95. The standard InChI is InChI=1S/C16H18N4O3S/c1-10-5-11(2)7-13(6-10)24(22,23)20-4-3-12-8-18-16(15(17)21)19-14(12)9-20/h5-8H,3-4,9H2,1-2H3,(H2,17,21). The maximum Gasteiger partial charge on any atom is 0.286 e. The van der Waals surface area contributed by atoms with E-state index < -0.39 is 15.9 Å². The lowest BCUT2D eigenvalue weighted by atomic mass is 10.1. The smallest absolute Gasteiger partial charge is 0.286 e. The normalized spacial score (nSPS) is 15.1. The lowest BCUT2D eigenvalue weighted by Gasteiger charge is -2.27. The average Bonchev–Trinajstić information content (AvgIpc) is 2.52. The average molecular weight is 346 g/mol. The minimum absolute atomic E-state index is 0.0978. The van der Waals surface area contributed by atoms with Gasteiger partial charge >= 0.3 is 0 Å². The van der Waals surface area contributed by atoms with Gasteiger partial charge in [-0.15, -0.1) is 0 Å². The molecule has 3 rings (SSSR count). The highest BCUT2D eigenvalue weighted by atomic mass is 32.2. The van der Waals surface area contributed by atoms with Gasteiger partial charge in [-0.25, -0.2) is 18.4 Å². The Morgan fingerprint density at radius 1 is 1.21 bits per heavy atom. The van der Waals surface area contributed by atoms with Crippen LogP contribution in [0.5, 0.6) is 0 Å². The van der Waals surface area contributed by atoms with E-state index >= 15 is 0 Å². The zero-order chi connectivity index (χ0) is 17.5. The quantitative estimate of drug-likeness (QED) is 0.890. The molecule has 7 nitrogen and oxygen atoms in total. The van der Waals surface area contributed by atoms with Crippen LogP contribution in [0.1, 0.15) is 33.0 Å². The topological polar surface area (TPSA) is 106 Å². The monoisotopic (exact) mass is 346 g/mol. The van der Waals surface area contributed by atoms with Crippen molar-refractivity contribution in [2.75, 3.05) is 6.54 Å². The summed E-state index contributed by atoms with van der Waals surface area (Å²) in [4.78, 5) is 19.5. The van der Waals surface area contributed by atoms with Gasteiger partial charge in [0, 0.05) is 12.7 Å². The number of hydrogen-bond donors (Lipinski definition) is 1. The van der Waals surface area contributed by atoms with Gasteiger partial charge in [0.05, 0.1) is 17.1 Å². The van der Waals surface area contributed by atoms with E-state index in [9.17, 15) is 13.2 Å². The van der Waals surface area contributed by atoms with Crippen molar-refractivity contribution < 1.29 is 13.2 Å². The van der Waals surface area contributed by atoms with E-state index in [0.717, 1.165) is 16.7 Å². The number of sulfonamides is 1. The van der Waals surface area contributed by atoms with E-state index in [1.807, 2.05) is 19.9 Å². The molecule has 0 saturated carbocycles. The lowest BCUT2D eigenvalue weighted by molar-refractivity contribution is 0.0990. The van der Waals surface area contributed by atoms with Crippen LogP contribution in [0, 0.1) is 13.8 Å². The number of aryl methyl sites for hydroxylation is 2. The Hall–Kier alpha value is -2.32. The summed E-state index contributed by atoms with van der Waals surface area (Å²) in [5, 5.41) is 0.